The molecule has 8 nitrogen and oxygen atoms in total. The van der Waals surface area contributed by atoms with E-state index in [1.54, 1.807) is 41.6 Å². The van der Waals surface area contributed by atoms with Crippen LogP contribution in [-0.2, 0) is 7.05 Å². The number of furan rings is 1. The lowest BCUT2D eigenvalue weighted by Gasteiger charge is -2.06. The van der Waals surface area contributed by atoms with Gasteiger partial charge in [0, 0.05) is 19.4 Å². The van der Waals surface area contributed by atoms with Gasteiger partial charge in [0.15, 0.2) is 22.3 Å². The van der Waals surface area contributed by atoms with Crippen molar-refractivity contribution in [1.29, 1.82) is 0 Å². The van der Waals surface area contributed by atoms with Crippen LogP contribution in [-0.4, -0.2) is 31.4 Å². The molecule has 4 heterocycles. The third-order valence-corrected chi connectivity index (χ3v) is 4.83. The van der Waals surface area contributed by atoms with Crippen LogP contribution in [0.4, 0.5) is 5.13 Å². The molecule has 0 radical (unpaired) electrons. The van der Waals surface area contributed by atoms with Gasteiger partial charge in [0.05, 0.1) is 22.9 Å². The first-order valence-corrected chi connectivity index (χ1v) is 8.98. The fourth-order valence-corrected chi connectivity index (χ4v) is 3.58. The molecule has 4 rings (SSSR count). The molecule has 1 N–H and O–H groups in total. The molecule has 0 saturated heterocycles. The van der Waals surface area contributed by atoms with Gasteiger partial charge in [0.2, 0.25) is 0 Å². The van der Waals surface area contributed by atoms with Gasteiger partial charge in [-0.05, 0) is 25.1 Å². The van der Waals surface area contributed by atoms with Gasteiger partial charge in [-0.25, -0.2) is 9.97 Å². The minimum Gasteiger partial charge on any atom is -0.463 e. The molecular formula is C18H15N5O3S. The number of aryl methyl sites for hydroxylation is 2. The van der Waals surface area contributed by atoms with E-state index in [2.05, 4.69) is 20.4 Å². The van der Waals surface area contributed by atoms with E-state index in [1.807, 2.05) is 6.92 Å². The van der Waals surface area contributed by atoms with Gasteiger partial charge in [0.25, 0.3) is 5.91 Å². The number of hydrogen-bond acceptors (Lipinski definition) is 7. The summed E-state index contributed by atoms with van der Waals surface area (Å²) in [5, 5.41) is 9.76. The third-order valence-electron chi connectivity index (χ3n) is 4.07. The standard InChI is InChI=1S/C18H15N5O3S/c1-9-15-11(17(25)21-18-20-13(8-27-18)10(2)24)7-12(14-5-4-6-26-14)19-16(15)23(3)22-9/h4-8H,1-3H3,(H,20,21,25). The highest BCUT2D eigenvalue weighted by molar-refractivity contribution is 7.14. The van der Waals surface area contributed by atoms with Crippen LogP contribution >= 0.6 is 11.3 Å². The predicted molar refractivity (Wildman–Crippen MR) is 101 cm³/mol. The maximum absolute atomic E-state index is 13.0. The lowest BCUT2D eigenvalue weighted by molar-refractivity contribution is 0.100. The number of pyridine rings is 1. The molecule has 0 aliphatic carbocycles. The Kier molecular flexibility index (Phi) is 4.08. The number of fused-ring (bicyclic) bond motifs is 1. The molecule has 9 heteroatoms. The van der Waals surface area contributed by atoms with Gasteiger partial charge < -0.3 is 4.42 Å². The minimum atomic E-state index is -0.351. The molecule has 0 fully saturated rings. The highest BCUT2D eigenvalue weighted by atomic mass is 32.1. The highest BCUT2D eigenvalue weighted by Gasteiger charge is 2.21. The second kappa shape index (κ2) is 6.44. The van der Waals surface area contributed by atoms with Crippen molar-refractivity contribution in [3.63, 3.8) is 0 Å². The number of thiazole rings is 1. The van der Waals surface area contributed by atoms with Gasteiger partial charge in [0.1, 0.15) is 11.4 Å². The summed E-state index contributed by atoms with van der Waals surface area (Å²) in [6.07, 6.45) is 1.55. The summed E-state index contributed by atoms with van der Waals surface area (Å²) in [7, 11) is 1.77. The van der Waals surface area contributed by atoms with Crippen LogP contribution in [0.1, 0.15) is 33.5 Å². The van der Waals surface area contributed by atoms with E-state index in [1.165, 1.54) is 18.3 Å². The van der Waals surface area contributed by atoms with E-state index < -0.39 is 0 Å². The van der Waals surface area contributed by atoms with Crippen LogP contribution in [0.5, 0.6) is 0 Å². The smallest absolute Gasteiger partial charge is 0.258 e. The van der Waals surface area contributed by atoms with Crippen LogP contribution in [0.15, 0.2) is 34.3 Å². The van der Waals surface area contributed by atoms with Crippen molar-refractivity contribution < 1.29 is 14.0 Å². The minimum absolute atomic E-state index is 0.152. The van der Waals surface area contributed by atoms with Crippen molar-refractivity contribution in [2.75, 3.05) is 5.32 Å². The van der Waals surface area contributed by atoms with Crippen LogP contribution in [0.3, 0.4) is 0 Å². The number of amides is 1. The number of rotatable bonds is 4. The molecule has 0 bridgehead atoms. The highest BCUT2D eigenvalue weighted by Crippen LogP contribution is 2.28. The Morgan fingerprint density at radius 1 is 1.30 bits per heavy atom. The maximum Gasteiger partial charge on any atom is 0.258 e. The molecule has 4 aromatic heterocycles. The number of carbonyl (C=O) groups excluding carboxylic acids is 2. The fraction of sp³-hybridized carbons (Fsp3) is 0.167. The van der Waals surface area contributed by atoms with E-state index in [0.717, 1.165) is 0 Å². The quantitative estimate of drug-likeness (QED) is 0.543. The molecule has 0 aromatic carbocycles. The Hall–Kier alpha value is -3.33. The molecule has 0 aliphatic rings. The molecule has 4 aromatic rings. The Bertz CT molecular complexity index is 1170. The van der Waals surface area contributed by atoms with E-state index in [-0.39, 0.29) is 11.7 Å². The van der Waals surface area contributed by atoms with Gasteiger partial charge >= 0.3 is 0 Å². The second-order valence-electron chi connectivity index (χ2n) is 5.99. The zero-order chi connectivity index (χ0) is 19.1. The van der Waals surface area contributed by atoms with Crippen molar-refractivity contribution >= 4 is 39.2 Å². The summed E-state index contributed by atoms with van der Waals surface area (Å²) in [4.78, 5) is 33.1. The summed E-state index contributed by atoms with van der Waals surface area (Å²) < 4.78 is 7.06. The summed E-state index contributed by atoms with van der Waals surface area (Å²) in [6.45, 7) is 3.26. The number of nitrogens with one attached hydrogen (secondary N) is 1. The third kappa shape index (κ3) is 3.02. The SMILES string of the molecule is CC(=O)c1csc(NC(=O)c2cc(-c3ccco3)nc3c2c(C)nn3C)n1. The first-order chi connectivity index (χ1) is 12.9. The lowest BCUT2D eigenvalue weighted by atomic mass is 10.1. The van der Waals surface area contributed by atoms with Crippen molar-refractivity contribution in [3.05, 3.63) is 46.8 Å². The van der Waals surface area contributed by atoms with E-state index >= 15 is 0 Å². The topological polar surface area (TPSA) is 103 Å². The van der Waals surface area contributed by atoms with Crippen LogP contribution in [0.25, 0.3) is 22.5 Å². The van der Waals surface area contributed by atoms with Gasteiger partial charge in [-0.15, -0.1) is 11.3 Å². The van der Waals surface area contributed by atoms with Gasteiger partial charge in [-0.1, -0.05) is 0 Å². The van der Waals surface area contributed by atoms with Crippen LogP contribution < -0.4 is 5.32 Å². The number of nitrogens with zero attached hydrogens (tertiary/aromatic N) is 4. The number of carbonyl (C=O) groups is 2. The molecule has 0 spiro atoms. The summed E-state index contributed by atoms with van der Waals surface area (Å²) in [6, 6.07) is 5.21. The van der Waals surface area contributed by atoms with E-state index in [9.17, 15) is 9.59 Å². The van der Waals surface area contributed by atoms with E-state index in [4.69, 9.17) is 4.42 Å². The summed E-state index contributed by atoms with van der Waals surface area (Å²) in [5.41, 5.74) is 2.54. The van der Waals surface area contributed by atoms with Gasteiger partial charge in [-0.2, -0.15) is 5.10 Å². The molecular weight excluding hydrogens is 366 g/mol. The Morgan fingerprint density at radius 2 is 2.11 bits per heavy atom. The predicted octanol–water partition coefficient (Wildman–Crippen LogP) is 3.45. The maximum atomic E-state index is 13.0. The molecule has 0 saturated carbocycles. The zero-order valence-electron chi connectivity index (χ0n) is 14.8. The van der Waals surface area contributed by atoms with Crippen LogP contribution in [0, 0.1) is 6.92 Å². The fourth-order valence-electron chi connectivity index (χ4n) is 2.83. The monoisotopic (exact) mass is 381 g/mol. The lowest BCUT2D eigenvalue weighted by Crippen LogP contribution is -2.13. The molecule has 1 amide bonds. The number of ketones is 1. The zero-order valence-corrected chi connectivity index (χ0v) is 15.6. The molecule has 136 valence electrons. The van der Waals surface area contributed by atoms with Gasteiger partial charge in [-0.3, -0.25) is 19.6 Å². The average Bonchev–Trinajstić information content (AvgIpc) is 3.36. The van der Waals surface area contributed by atoms with E-state index in [0.29, 0.717) is 44.6 Å². The molecule has 27 heavy (non-hydrogen) atoms. The largest absolute Gasteiger partial charge is 0.463 e. The van der Waals surface area contributed by atoms with Crippen molar-refractivity contribution in [2.45, 2.75) is 13.8 Å². The Balaban J connectivity index is 1.81. The Morgan fingerprint density at radius 3 is 2.78 bits per heavy atom. The molecule has 0 atom stereocenters. The van der Waals surface area contributed by atoms with Crippen molar-refractivity contribution in [1.82, 2.24) is 19.7 Å². The summed E-state index contributed by atoms with van der Waals surface area (Å²) in [5.74, 6) is 0.0509. The number of hydrogen-bond donors (Lipinski definition) is 1. The first-order valence-electron chi connectivity index (χ1n) is 8.10. The average molecular weight is 381 g/mol. The van der Waals surface area contributed by atoms with Crippen molar-refractivity contribution in [3.8, 4) is 11.5 Å². The number of Topliss-reactive ketones (excluding diaryl/α,β-unsaturated/α-hetero) is 1. The summed E-state index contributed by atoms with van der Waals surface area (Å²) >= 11 is 1.20. The molecule has 0 aliphatic heterocycles. The first kappa shape index (κ1) is 17.1. The molecule has 0 unspecified atom stereocenters. The van der Waals surface area contributed by atoms with Crippen molar-refractivity contribution in [2.24, 2.45) is 7.05 Å². The number of anilines is 1. The number of aromatic nitrogens is 4. The van der Waals surface area contributed by atoms with Crippen LogP contribution in [0.2, 0.25) is 0 Å². The second-order valence-corrected chi connectivity index (χ2v) is 6.85. The normalized spacial score (nSPS) is 11.1. The Labute approximate surface area is 157 Å².